The molecule has 1 aromatic heterocycles. The minimum absolute atomic E-state index is 0. The summed E-state index contributed by atoms with van der Waals surface area (Å²) in [6.07, 6.45) is 5.85. The van der Waals surface area contributed by atoms with Crippen LogP contribution in [0, 0.1) is 5.92 Å². The van der Waals surface area contributed by atoms with E-state index >= 15 is 0 Å². The number of oxazole rings is 1. The van der Waals surface area contributed by atoms with Crippen molar-refractivity contribution < 1.29 is 9.21 Å². The van der Waals surface area contributed by atoms with Gasteiger partial charge in [0, 0.05) is 28.9 Å². The van der Waals surface area contributed by atoms with Crippen LogP contribution in [0.2, 0.25) is 0 Å². The van der Waals surface area contributed by atoms with Gasteiger partial charge in [0.15, 0.2) is 11.7 Å². The van der Waals surface area contributed by atoms with E-state index in [9.17, 15) is 4.79 Å². The third-order valence-corrected chi connectivity index (χ3v) is 5.26. The van der Waals surface area contributed by atoms with Gasteiger partial charge in [0.2, 0.25) is 5.91 Å². The average Bonchev–Trinajstić information content (AvgIpc) is 3.22. The summed E-state index contributed by atoms with van der Waals surface area (Å²) in [6, 6.07) is 8.05. The monoisotopic (exact) mass is 463 g/mol. The van der Waals surface area contributed by atoms with Crippen molar-refractivity contribution >= 4 is 46.7 Å². The first-order valence-electron chi connectivity index (χ1n) is 8.36. The molecule has 1 aliphatic carbocycles. The minimum atomic E-state index is 0. The lowest BCUT2D eigenvalue weighted by atomic mass is 10.0. The van der Waals surface area contributed by atoms with Crippen LogP contribution in [-0.4, -0.2) is 23.5 Å². The topological polar surface area (TPSA) is 81.1 Å². The minimum Gasteiger partial charge on any atom is -0.441 e. The normalized spacial score (nSPS) is 18.7. The molecule has 0 radical (unpaired) electrons. The summed E-state index contributed by atoms with van der Waals surface area (Å²) in [4.78, 5) is 16.4. The Morgan fingerprint density at radius 3 is 2.81 bits per heavy atom. The average molecular weight is 465 g/mol. The third kappa shape index (κ3) is 5.71. The Labute approximate surface area is 174 Å². The van der Waals surface area contributed by atoms with Crippen LogP contribution in [0.4, 0.5) is 0 Å². The fourth-order valence-electron chi connectivity index (χ4n) is 3.22. The number of amides is 1. The molecule has 0 spiro atoms. The van der Waals surface area contributed by atoms with Gasteiger partial charge in [-0.2, -0.15) is 0 Å². The molecule has 5 nitrogen and oxygen atoms in total. The first-order chi connectivity index (χ1) is 11.7. The molecule has 1 fully saturated rings. The largest absolute Gasteiger partial charge is 0.441 e. The summed E-state index contributed by atoms with van der Waals surface area (Å²) in [7, 11) is 0. The molecule has 2 unspecified atom stereocenters. The van der Waals surface area contributed by atoms with Gasteiger partial charge in [0.1, 0.15) is 0 Å². The maximum absolute atomic E-state index is 12.1. The summed E-state index contributed by atoms with van der Waals surface area (Å²) in [6.45, 7) is 0.639. The van der Waals surface area contributed by atoms with Gasteiger partial charge >= 0.3 is 0 Å². The first-order valence-corrected chi connectivity index (χ1v) is 9.15. The van der Waals surface area contributed by atoms with Gasteiger partial charge in [0.25, 0.3) is 0 Å². The van der Waals surface area contributed by atoms with Crippen molar-refractivity contribution in [3.8, 4) is 11.3 Å². The Bertz CT molecular complexity index is 711. The lowest BCUT2D eigenvalue weighted by Crippen LogP contribution is -2.39. The molecule has 1 heterocycles. The highest BCUT2D eigenvalue weighted by molar-refractivity contribution is 9.10. The Morgan fingerprint density at radius 1 is 1.31 bits per heavy atom. The number of aromatic nitrogens is 1. The first kappa shape index (κ1) is 23.0. The molecule has 0 bridgehead atoms. The number of halogens is 3. The van der Waals surface area contributed by atoms with Crippen LogP contribution >= 0.6 is 40.7 Å². The summed E-state index contributed by atoms with van der Waals surface area (Å²) >= 11 is 3.50. The van der Waals surface area contributed by atoms with E-state index in [2.05, 4.69) is 26.2 Å². The number of hydrogen-bond donors (Lipinski definition) is 2. The zero-order valence-corrected chi connectivity index (χ0v) is 17.5. The quantitative estimate of drug-likeness (QED) is 0.673. The van der Waals surface area contributed by atoms with Crippen molar-refractivity contribution in [2.24, 2.45) is 11.7 Å². The molecule has 0 aliphatic heterocycles. The molecule has 8 heteroatoms. The Kier molecular flexibility index (Phi) is 9.64. The van der Waals surface area contributed by atoms with E-state index in [1.807, 2.05) is 24.3 Å². The predicted molar refractivity (Wildman–Crippen MR) is 111 cm³/mol. The van der Waals surface area contributed by atoms with Crippen molar-refractivity contribution in [1.29, 1.82) is 0 Å². The lowest BCUT2D eigenvalue weighted by molar-refractivity contribution is -0.122. The summed E-state index contributed by atoms with van der Waals surface area (Å²) in [5.41, 5.74) is 6.71. The number of carbonyl (C=O) groups excluding carboxylic acids is 1. The Balaban J connectivity index is 0.00000169. The molecule has 144 valence electrons. The number of carbonyl (C=O) groups is 1. The molecular formula is C18H24BrCl2N3O2. The van der Waals surface area contributed by atoms with Crippen LogP contribution in [-0.2, 0) is 11.2 Å². The molecule has 1 aromatic carbocycles. The second-order valence-electron chi connectivity index (χ2n) is 6.20. The number of aryl methyl sites for hydroxylation is 1. The number of hydrogen-bond acceptors (Lipinski definition) is 4. The number of benzene rings is 1. The van der Waals surface area contributed by atoms with E-state index in [0.717, 1.165) is 29.3 Å². The smallest absolute Gasteiger partial charge is 0.220 e. The molecule has 2 aromatic rings. The predicted octanol–water partition coefficient (Wildman–Crippen LogP) is 4.12. The van der Waals surface area contributed by atoms with Crippen molar-refractivity contribution in [2.75, 3.05) is 6.54 Å². The van der Waals surface area contributed by atoms with Crippen LogP contribution in [0.25, 0.3) is 11.3 Å². The molecule has 1 amide bonds. The zero-order valence-electron chi connectivity index (χ0n) is 14.3. The number of nitrogens with two attached hydrogens (primary N) is 1. The standard InChI is InChI=1S/C18H22BrN3O2.2ClH/c19-14-6-2-1-5-13(14)16-11-21-18(24-16)9-8-17(23)22-15-7-3-4-12(15)10-20;;/h1-2,5-6,11-12,15H,3-4,7-10,20H2,(H,22,23);2*1H. The molecule has 2 atom stereocenters. The van der Waals surface area contributed by atoms with Crippen molar-refractivity contribution in [1.82, 2.24) is 10.3 Å². The van der Waals surface area contributed by atoms with Gasteiger partial charge < -0.3 is 15.5 Å². The maximum Gasteiger partial charge on any atom is 0.220 e. The zero-order chi connectivity index (χ0) is 16.9. The van der Waals surface area contributed by atoms with Gasteiger partial charge in [-0.05, 0) is 31.4 Å². The molecule has 3 rings (SSSR count). The number of nitrogens with one attached hydrogen (secondary N) is 1. The second kappa shape index (κ2) is 10.9. The fraction of sp³-hybridized carbons (Fsp3) is 0.444. The fourth-order valence-corrected chi connectivity index (χ4v) is 3.70. The highest BCUT2D eigenvalue weighted by atomic mass is 79.9. The van der Waals surface area contributed by atoms with Crippen molar-refractivity contribution in [2.45, 2.75) is 38.1 Å². The van der Waals surface area contributed by atoms with Crippen LogP contribution in [0.15, 0.2) is 39.4 Å². The molecule has 1 saturated carbocycles. The highest BCUT2D eigenvalue weighted by Crippen LogP contribution is 2.28. The Hall–Kier alpha value is -1.08. The highest BCUT2D eigenvalue weighted by Gasteiger charge is 2.27. The van der Waals surface area contributed by atoms with Crippen molar-refractivity contribution in [3.05, 3.63) is 40.8 Å². The third-order valence-electron chi connectivity index (χ3n) is 4.57. The maximum atomic E-state index is 12.1. The summed E-state index contributed by atoms with van der Waals surface area (Å²) < 4.78 is 6.73. The molecular weight excluding hydrogens is 441 g/mol. The van der Waals surface area contributed by atoms with Gasteiger partial charge in [-0.25, -0.2) is 4.98 Å². The van der Waals surface area contributed by atoms with Crippen LogP contribution in [0.1, 0.15) is 31.6 Å². The lowest BCUT2D eigenvalue weighted by Gasteiger charge is -2.19. The molecule has 1 aliphatic rings. The molecule has 26 heavy (non-hydrogen) atoms. The molecule has 3 N–H and O–H groups in total. The van der Waals surface area contributed by atoms with E-state index in [1.54, 1.807) is 6.20 Å². The Morgan fingerprint density at radius 2 is 2.08 bits per heavy atom. The van der Waals surface area contributed by atoms with E-state index in [-0.39, 0.29) is 36.8 Å². The van der Waals surface area contributed by atoms with E-state index < -0.39 is 0 Å². The van der Waals surface area contributed by atoms with E-state index in [4.69, 9.17) is 10.2 Å². The van der Waals surface area contributed by atoms with E-state index in [0.29, 0.717) is 37.0 Å². The van der Waals surface area contributed by atoms with Crippen molar-refractivity contribution in [3.63, 3.8) is 0 Å². The number of nitrogens with zero attached hydrogens (tertiary/aromatic N) is 1. The van der Waals surface area contributed by atoms with Gasteiger partial charge in [-0.15, -0.1) is 24.8 Å². The summed E-state index contributed by atoms with van der Waals surface area (Å²) in [5.74, 6) is 1.74. The van der Waals surface area contributed by atoms with Gasteiger partial charge in [0.05, 0.1) is 6.20 Å². The SMILES string of the molecule is Cl.Cl.NCC1CCCC1NC(=O)CCc1ncc(-c2ccccc2Br)o1. The van der Waals surface area contributed by atoms with Gasteiger partial charge in [-0.3, -0.25) is 4.79 Å². The van der Waals surface area contributed by atoms with E-state index in [1.165, 1.54) is 0 Å². The van der Waals surface area contributed by atoms with Crippen LogP contribution < -0.4 is 11.1 Å². The van der Waals surface area contributed by atoms with Crippen LogP contribution in [0.5, 0.6) is 0 Å². The van der Waals surface area contributed by atoms with Gasteiger partial charge in [-0.1, -0.05) is 40.5 Å². The second-order valence-corrected chi connectivity index (χ2v) is 7.05. The molecule has 0 saturated heterocycles. The summed E-state index contributed by atoms with van der Waals surface area (Å²) in [5, 5.41) is 3.10. The number of rotatable bonds is 6. The van der Waals surface area contributed by atoms with Crippen LogP contribution in [0.3, 0.4) is 0 Å².